The second-order valence-corrected chi connectivity index (χ2v) is 8.30. The summed E-state index contributed by atoms with van der Waals surface area (Å²) >= 11 is 2.53. The molecule has 0 radical (unpaired) electrons. The number of tetrazole rings is 1. The lowest BCUT2D eigenvalue weighted by Gasteiger charge is -2.19. The third-order valence-electron chi connectivity index (χ3n) is 4.27. The predicted molar refractivity (Wildman–Crippen MR) is 115 cm³/mol. The minimum Gasteiger partial charge on any atom is -0.274 e. The molecule has 0 spiro atoms. The summed E-state index contributed by atoms with van der Waals surface area (Å²) in [7, 11) is 0. The number of hydrogen-bond donors (Lipinski definition) is 0. The van der Waals surface area contributed by atoms with Gasteiger partial charge in [-0.05, 0) is 40.8 Å². The van der Waals surface area contributed by atoms with Gasteiger partial charge in [-0.15, -0.1) is 16.4 Å². The van der Waals surface area contributed by atoms with Crippen LogP contribution in [0.5, 0.6) is 0 Å². The first-order chi connectivity index (χ1) is 15.3. The van der Waals surface area contributed by atoms with Gasteiger partial charge in [-0.25, -0.2) is 4.98 Å². The number of benzene rings is 2. The van der Waals surface area contributed by atoms with E-state index in [1.165, 1.54) is 47.1 Å². The van der Waals surface area contributed by atoms with Gasteiger partial charge in [0.2, 0.25) is 11.1 Å². The number of amides is 1. The number of aromatic nitrogens is 5. The fraction of sp³-hybridized carbons (Fsp3) is 0.150. The van der Waals surface area contributed by atoms with Crippen LogP contribution in [0.2, 0.25) is 0 Å². The summed E-state index contributed by atoms with van der Waals surface area (Å²) in [6.07, 6.45) is -4.51. The highest BCUT2D eigenvalue weighted by Gasteiger charge is 2.31. The Kier molecular flexibility index (Phi) is 6.24. The summed E-state index contributed by atoms with van der Waals surface area (Å²) in [5.41, 5.74) is 0.734. The van der Waals surface area contributed by atoms with E-state index in [0.717, 1.165) is 17.8 Å². The van der Waals surface area contributed by atoms with Crippen LogP contribution in [0.25, 0.3) is 5.69 Å². The van der Waals surface area contributed by atoms with Crippen molar-refractivity contribution < 1.29 is 18.0 Å². The molecule has 0 saturated carbocycles. The number of para-hydroxylation sites is 1. The molecule has 0 atom stereocenters. The van der Waals surface area contributed by atoms with Crippen LogP contribution >= 0.6 is 23.1 Å². The van der Waals surface area contributed by atoms with Crippen molar-refractivity contribution in [1.82, 2.24) is 25.2 Å². The smallest absolute Gasteiger partial charge is 0.274 e. The van der Waals surface area contributed by atoms with E-state index in [4.69, 9.17) is 0 Å². The zero-order valence-corrected chi connectivity index (χ0v) is 18.2. The van der Waals surface area contributed by atoms with Crippen molar-refractivity contribution in [2.24, 2.45) is 0 Å². The lowest BCUT2D eigenvalue weighted by molar-refractivity contribution is -0.137. The number of thioether (sulfide) groups is 1. The van der Waals surface area contributed by atoms with Crippen molar-refractivity contribution in [2.45, 2.75) is 24.0 Å². The molecule has 0 unspecified atom stereocenters. The summed E-state index contributed by atoms with van der Waals surface area (Å²) in [6.45, 7) is 1.28. The van der Waals surface area contributed by atoms with Gasteiger partial charge >= 0.3 is 6.18 Å². The number of rotatable bonds is 6. The van der Waals surface area contributed by atoms with E-state index in [-0.39, 0.29) is 10.8 Å². The quantitative estimate of drug-likeness (QED) is 0.360. The lowest BCUT2D eigenvalue weighted by Crippen LogP contribution is -2.23. The Balaban J connectivity index is 1.53. The number of carbonyl (C=O) groups excluding carboxylic acids is 1. The number of nitrogens with zero attached hydrogens (tertiary/aromatic N) is 6. The van der Waals surface area contributed by atoms with Gasteiger partial charge < -0.3 is 0 Å². The standard InChI is InChI=1S/C20H15F3N6OS2/c1-13(30)28(17-9-5-6-14(10-17)20(21,22)23)18-24-15(11-31-18)12-32-19-25-26-27-29(19)16-7-3-2-4-8-16/h2-11H,12H2,1H3. The van der Waals surface area contributed by atoms with Crippen molar-refractivity contribution in [3.63, 3.8) is 0 Å². The van der Waals surface area contributed by atoms with E-state index < -0.39 is 17.6 Å². The Hall–Kier alpha value is -3.25. The van der Waals surface area contributed by atoms with Crippen LogP contribution in [0.4, 0.5) is 24.0 Å². The molecule has 0 bridgehead atoms. The first-order valence-electron chi connectivity index (χ1n) is 9.22. The Morgan fingerprint density at radius 1 is 1.16 bits per heavy atom. The molecule has 7 nitrogen and oxygen atoms in total. The molecule has 0 aliphatic rings. The Morgan fingerprint density at radius 3 is 2.66 bits per heavy atom. The van der Waals surface area contributed by atoms with Crippen LogP contribution in [0.1, 0.15) is 18.2 Å². The monoisotopic (exact) mass is 476 g/mol. The first-order valence-corrected chi connectivity index (χ1v) is 11.1. The van der Waals surface area contributed by atoms with E-state index in [9.17, 15) is 18.0 Å². The molecule has 0 aliphatic heterocycles. The minimum absolute atomic E-state index is 0.105. The van der Waals surface area contributed by atoms with Crippen molar-refractivity contribution >= 4 is 39.8 Å². The van der Waals surface area contributed by atoms with Gasteiger partial charge in [0.05, 0.1) is 22.6 Å². The van der Waals surface area contributed by atoms with Gasteiger partial charge in [0.15, 0.2) is 5.13 Å². The zero-order valence-electron chi connectivity index (χ0n) is 16.5. The zero-order chi connectivity index (χ0) is 22.7. The summed E-state index contributed by atoms with van der Waals surface area (Å²) in [5, 5.41) is 14.3. The molecule has 1 amide bonds. The molecular weight excluding hydrogens is 461 g/mol. The summed E-state index contributed by atoms with van der Waals surface area (Å²) in [5.74, 6) is -0.0243. The number of halogens is 3. The second kappa shape index (κ2) is 9.09. The van der Waals surface area contributed by atoms with E-state index >= 15 is 0 Å². The van der Waals surface area contributed by atoms with Crippen LogP contribution in [-0.2, 0) is 16.7 Å². The number of carbonyl (C=O) groups is 1. The summed E-state index contributed by atoms with van der Waals surface area (Å²) in [4.78, 5) is 17.9. The van der Waals surface area contributed by atoms with Crippen molar-refractivity contribution in [1.29, 1.82) is 0 Å². The van der Waals surface area contributed by atoms with Gasteiger partial charge in [0.1, 0.15) is 0 Å². The van der Waals surface area contributed by atoms with Crippen LogP contribution in [0.3, 0.4) is 0 Å². The predicted octanol–water partition coefficient (Wildman–Crippen LogP) is 5.11. The molecule has 0 N–H and O–H groups in total. The highest BCUT2D eigenvalue weighted by Crippen LogP contribution is 2.35. The van der Waals surface area contributed by atoms with E-state index in [1.807, 2.05) is 30.3 Å². The topological polar surface area (TPSA) is 76.8 Å². The second-order valence-electron chi connectivity index (χ2n) is 6.52. The minimum atomic E-state index is -4.51. The number of anilines is 2. The average molecular weight is 477 g/mol. The van der Waals surface area contributed by atoms with E-state index in [2.05, 4.69) is 20.5 Å². The Labute approximate surface area is 188 Å². The number of hydrogen-bond acceptors (Lipinski definition) is 7. The van der Waals surface area contributed by atoms with Crippen LogP contribution in [-0.4, -0.2) is 31.1 Å². The average Bonchev–Trinajstić information content (AvgIpc) is 3.42. The van der Waals surface area contributed by atoms with Crippen molar-refractivity contribution in [3.05, 3.63) is 71.2 Å². The molecule has 32 heavy (non-hydrogen) atoms. The molecule has 0 fully saturated rings. The number of thiazole rings is 1. The van der Waals surface area contributed by atoms with Gasteiger partial charge in [0, 0.05) is 18.1 Å². The maximum atomic E-state index is 13.1. The third kappa shape index (κ3) is 4.81. The fourth-order valence-electron chi connectivity index (χ4n) is 2.85. The molecule has 4 rings (SSSR count). The Bertz CT molecular complexity index is 1230. The molecule has 2 aromatic carbocycles. The maximum Gasteiger partial charge on any atom is 0.416 e. The SMILES string of the molecule is CC(=O)N(c1cccc(C(F)(F)F)c1)c1nc(CSc2nnnn2-c2ccccc2)cs1. The van der Waals surface area contributed by atoms with E-state index in [0.29, 0.717) is 16.6 Å². The van der Waals surface area contributed by atoms with Gasteiger partial charge in [-0.1, -0.05) is 36.0 Å². The molecule has 2 aromatic heterocycles. The third-order valence-corrected chi connectivity index (χ3v) is 6.10. The van der Waals surface area contributed by atoms with Crippen LogP contribution in [0, 0.1) is 0 Å². The lowest BCUT2D eigenvalue weighted by atomic mass is 10.2. The largest absolute Gasteiger partial charge is 0.416 e. The van der Waals surface area contributed by atoms with E-state index in [1.54, 1.807) is 10.1 Å². The van der Waals surface area contributed by atoms with Crippen molar-refractivity contribution in [2.75, 3.05) is 4.90 Å². The van der Waals surface area contributed by atoms with Gasteiger partial charge in [0.25, 0.3) is 0 Å². The van der Waals surface area contributed by atoms with Crippen LogP contribution < -0.4 is 4.90 Å². The Morgan fingerprint density at radius 2 is 1.94 bits per heavy atom. The maximum absolute atomic E-state index is 13.1. The number of alkyl halides is 3. The van der Waals surface area contributed by atoms with Gasteiger partial charge in [-0.2, -0.15) is 17.9 Å². The molecule has 2 heterocycles. The highest BCUT2D eigenvalue weighted by atomic mass is 32.2. The summed E-state index contributed by atoms with van der Waals surface area (Å²) in [6, 6.07) is 14.0. The molecular formula is C20H15F3N6OS2. The molecule has 0 aliphatic carbocycles. The molecule has 164 valence electrons. The van der Waals surface area contributed by atoms with Crippen LogP contribution in [0.15, 0.2) is 65.1 Å². The molecule has 0 saturated heterocycles. The summed E-state index contributed by atoms with van der Waals surface area (Å²) < 4.78 is 40.9. The van der Waals surface area contributed by atoms with Gasteiger partial charge in [-0.3, -0.25) is 9.69 Å². The molecule has 4 aromatic rings. The first kappa shape index (κ1) is 22.0. The highest BCUT2D eigenvalue weighted by molar-refractivity contribution is 7.98. The van der Waals surface area contributed by atoms with Crippen molar-refractivity contribution in [3.8, 4) is 5.69 Å². The normalized spacial score (nSPS) is 11.5. The molecule has 12 heteroatoms. The fourth-order valence-corrected chi connectivity index (χ4v) is 4.63.